The summed E-state index contributed by atoms with van der Waals surface area (Å²) in [4.78, 5) is 12.8. The van der Waals surface area contributed by atoms with E-state index in [1.165, 1.54) is 59.7 Å². The summed E-state index contributed by atoms with van der Waals surface area (Å²) < 4.78 is 0. The lowest BCUT2D eigenvalue weighted by atomic mass is 9.94. The van der Waals surface area contributed by atoms with Crippen LogP contribution in [0.2, 0.25) is 0 Å². The van der Waals surface area contributed by atoms with Crippen LogP contribution in [-0.2, 0) is 0 Å². The summed E-state index contributed by atoms with van der Waals surface area (Å²) in [6.07, 6.45) is 8.23. The van der Waals surface area contributed by atoms with Crippen molar-refractivity contribution in [3.63, 3.8) is 0 Å². The lowest BCUT2D eigenvalue weighted by Gasteiger charge is -2.32. The topological polar surface area (TPSA) is 29.0 Å². The Labute approximate surface area is 176 Å². The second-order valence-corrected chi connectivity index (χ2v) is 8.73. The molecule has 29 heavy (non-hydrogen) atoms. The molecule has 1 fully saturated rings. The Kier molecular flexibility index (Phi) is 5.03. The molecule has 0 radical (unpaired) electrons. The van der Waals surface area contributed by atoms with Crippen molar-refractivity contribution in [2.75, 3.05) is 11.9 Å². The third-order valence-corrected chi connectivity index (χ3v) is 7.00. The maximum atomic E-state index is 4.73. The zero-order chi connectivity index (χ0) is 19.6. The molecule has 146 valence electrons. The molecule has 1 aliphatic rings. The van der Waals surface area contributed by atoms with Crippen LogP contribution in [-0.4, -0.2) is 23.1 Å². The van der Waals surface area contributed by atoms with E-state index >= 15 is 0 Å². The van der Waals surface area contributed by atoms with Crippen molar-refractivity contribution in [1.82, 2.24) is 9.97 Å². The van der Waals surface area contributed by atoms with Crippen LogP contribution < -0.4 is 4.90 Å². The molecule has 3 nitrogen and oxygen atoms in total. The van der Waals surface area contributed by atoms with Crippen molar-refractivity contribution in [2.45, 2.75) is 38.1 Å². The van der Waals surface area contributed by atoms with E-state index in [4.69, 9.17) is 4.98 Å². The molecule has 0 N–H and O–H groups in total. The van der Waals surface area contributed by atoms with E-state index in [1.807, 2.05) is 0 Å². The van der Waals surface area contributed by atoms with Gasteiger partial charge in [0.25, 0.3) is 0 Å². The summed E-state index contributed by atoms with van der Waals surface area (Å²) in [5.74, 6) is 1.07. The Balaban J connectivity index is 1.54. The third kappa shape index (κ3) is 3.53. The largest absolute Gasteiger partial charge is 0.356 e. The van der Waals surface area contributed by atoms with Crippen LogP contribution in [0.1, 0.15) is 32.1 Å². The van der Waals surface area contributed by atoms with Crippen molar-refractivity contribution in [3.05, 3.63) is 66.3 Å². The fourth-order valence-corrected chi connectivity index (χ4v) is 5.36. The highest BCUT2D eigenvalue weighted by Crippen LogP contribution is 2.39. The molecule has 0 unspecified atom stereocenters. The first-order chi connectivity index (χ1) is 14.3. The van der Waals surface area contributed by atoms with Gasteiger partial charge < -0.3 is 4.90 Å². The normalized spacial score (nSPS) is 14.9. The van der Waals surface area contributed by atoms with Gasteiger partial charge in [-0.1, -0.05) is 73.9 Å². The molecule has 2 heterocycles. The molecule has 0 spiro atoms. The first-order valence-electron chi connectivity index (χ1n) is 10.4. The lowest BCUT2D eigenvalue weighted by Crippen LogP contribution is -2.34. The number of hydrogen-bond donors (Lipinski definition) is 0. The standard InChI is InChI=1S/C25H25N3S/c1-28(21-10-6-3-7-11-21)24-23-22(16-29-25(23)27-17-26-24)20-14-12-19(13-15-20)18-8-4-2-5-9-18/h2,4-5,8-9,12-17,21H,3,6-7,10-11H2,1H3. The van der Waals surface area contributed by atoms with Crippen molar-refractivity contribution in [1.29, 1.82) is 0 Å². The van der Waals surface area contributed by atoms with Crippen molar-refractivity contribution in [3.8, 4) is 22.3 Å². The van der Waals surface area contributed by atoms with Crippen molar-refractivity contribution >= 4 is 27.4 Å². The zero-order valence-corrected chi connectivity index (χ0v) is 17.5. The van der Waals surface area contributed by atoms with E-state index in [0.29, 0.717) is 6.04 Å². The van der Waals surface area contributed by atoms with E-state index in [1.54, 1.807) is 17.7 Å². The van der Waals surface area contributed by atoms with Gasteiger partial charge in [-0.15, -0.1) is 11.3 Å². The smallest absolute Gasteiger partial charge is 0.141 e. The number of anilines is 1. The molecule has 1 aliphatic carbocycles. The Bertz CT molecular complexity index is 1100. The molecule has 2 aromatic heterocycles. The van der Waals surface area contributed by atoms with E-state index in [9.17, 15) is 0 Å². The minimum atomic E-state index is 0.579. The molecule has 0 bridgehead atoms. The predicted molar refractivity (Wildman–Crippen MR) is 124 cm³/mol. The molecule has 2 aromatic carbocycles. The number of hydrogen-bond acceptors (Lipinski definition) is 4. The second kappa shape index (κ2) is 7.96. The SMILES string of the molecule is CN(c1ncnc2scc(-c3ccc(-c4ccccc4)cc3)c12)C1CCCCC1. The fraction of sp³-hybridized carbons (Fsp3) is 0.280. The predicted octanol–water partition coefficient (Wildman–Crippen LogP) is 6.79. The van der Waals surface area contributed by atoms with E-state index in [0.717, 1.165) is 10.6 Å². The van der Waals surface area contributed by atoms with Gasteiger partial charge in [-0.2, -0.15) is 0 Å². The van der Waals surface area contributed by atoms with Crippen molar-refractivity contribution < 1.29 is 0 Å². The van der Waals surface area contributed by atoms with Crippen LogP contribution in [0, 0.1) is 0 Å². The zero-order valence-electron chi connectivity index (χ0n) is 16.7. The maximum absolute atomic E-state index is 4.73. The number of benzene rings is 2. The first kappa shape index (κ1) is 18.3. The number of thiophene rings is 1. The molecule has 4 aromatic rings. The van der Waals surface area contributed by atoms with Gasteiger partial charge in [0, 0.05) is 24.0 Å². The van der Waals surface area contributed by atoms with Crippen LogP contribution in [0.25, 0.3) is 32.5 Å². The van der Waals surface area contributed by atoms with Gasteiger partial charge in [0.2, 0.25) is 0 Å². The number of rotatable bonds is 4. The van der Waals surface area contributed by atoms with Crippen molar-refractivity contribution in [2.24, 2.45) is 0 Å². The van der Waals surface area contributed by atoms with Crippen LogP contribution in [0.15, 0.2) is 66.3 Å². The number of fused-ring (bicyclic) bond motifs is 1. The average Bonchev–Trinajstić information content (AvgIpc) is 3.24. The monoisotopic (exact) mass is 399 g/mol. The second-order valence-electron chi connectivity index (χ2n) is 7.87. The van der Waals surface area contributed by atoms with E-state index < -0.39 is 0 Å². The van der Waals surface area contributed by atoms with Gasteiger partial charge >= 0.3 is 0 Å². The maximum Gasteiger partial charge on any atom is 0.141 e. The Hall–Kier alpha value is -2.72. The van der Waals surface area contributed by atoms with Gasteiger partial charge in [0.05, 0.1) is 5.39 Å². The Morgan fingerprint density at radius 3 is 2.28 bits per heavy atom. The van der Waals surface area contributed by atoms with Gasteiger partial charge in [0.1, 0.15) is 17.0 Å². The molecule has 1 saturated carbocycles. The molecular weight excluding hydrogens is 374 g/mol. The molecule has 0 saturated heterocycles. The van der Waals surface area contributed by atoms with Gasteiger partial charge in [-0.3, -0.25) is 0 Å². The van der Waals surface area contributed by atoms with Crippen LogP contribution in [0.3, 0.4) is 0 Å². The van der Waals surface area contributed by atoms with Gasteiger partial charge in [-0.05, 0) is 29.5 Å². The molecule has 0 atom stereocenters. The average molecular weight is 400 g/mol. The summed E-state index contributed by atoms with van der Waals surface area (Å²) in [5.41, 5.74) is 4.95. The van der Waals surface area contributed by atoms with E-state index in [-0.39, 0.29) is 0 Å². The molecule has 0 aliphatic heterocycles. The first-order valence-corrected chi connectivity index (χ1v) is 11.3. The third-order valence-electron chi connectivity index (χ3n) is 6.11. The molecular formula is C25H25N3S. The molecule has 4 heteroatoms. The van der Waals surface area contributed by atoms with E-state index in [2.05, 4.69) is 76.9 Å². The summed E-state index contributed by atoms with van der Waals surface area (Å²) in [5, 5.41) is 3.42. The minimum Gasteiger partial charge on any atom is -0.356 e. The molecule has 5 rings (SSSR count). The summed E-state index contributed by atoms with van der Waals surface area (Å²) >= 11 is 1.71. The summed E-state index contributed by atoms with van der Waals surface area (Å²) in [6.45, 7) is 0. The summed E-state index contributed by atoms with van der Waals surface area (Å²) in [7, 11) is 2.21. The molecule has 0 amide bonds. The number of aromatic nitrogens is 2. The lowest BCUT2D eigenvalue weighted by molar-refractivity contribution is 0.426. The fourth-order valence-electron chi connectivity index (χ4n) is 4.45. The highest BCUT2D eigenvalue weighted by atomic mass is 32.1. The van der Waals surface area contributed by atoms with Crippen LogP contribution in [0.4, 0.5) is 5.82 Å². The van der Waals surface area contributed by atoms with Gasteiger partial charge in [-0.25, -0.2) is 9.97 Å². The number of nitrogens with zero attached hydrogens (tertiary/aromatic N) is 3. The Morgan fingerprint density at radius 2 is 1.52 bits per heavy atom. The van der Waals surface area contributed by atoms with Crippen LogP contribution >= 0.6 is 11.3 Å². The van der Waals surface area contributed by atoms with Gasteiger partial charge in [0.15, 0.2) is 0 Å². The quantitative estimate of drug-likeness (QED) is 0.378. The van der Waals surface area contributed by atoms with Crippen LogP contribution in [0.5, 0.6) is 0 Å². The Morgan fingerprint density at radius 1 is 0.828 bits per heavy atom. The highest BCUT2D eigenvalue weighted by molar-refractivity contribution is 7.17. The minimum absolute atomic E-state index is 0.579. The summed E-state index contributed by atoms with van der Waals surface area (Å²) in [6, 6.07) is 20.0. The highest BCUT2D eigenvalue weighted by Gasteiger charge is 2.23.